The maximum atomic E-state index is 13.0. The van der Waals surface area contributed by atoms with Crippen LogP contribution in [0, 0.1) is 13.8 Å². The molecule has 0 unspecified atom stereocenters. The highest BCUT2D eigenvalue weighted by atomic mass is 32.2. The fourth-order valence-electron chi connectivity index (χ4n) is 3.58. The number of quaternary nitrogens is 1. The molecule has 0 amide bonds. The summed E-state index contributed by atoms with van der Waals surface area (Å²) < 4.78 is 33.4. The van der Waals surface area contributed by atoms with E-state index in [-0.39, 0.29) is 0 Å². The van der Waals surface area contributed by atoms with Crippen molar-refractivity contribution in [2.24, 2.45) is 0 Å². The van der Waals surface area contributed by atoms with Crippen molar-refractivity contribution in [2.75, 3.05) is 26.2 Å². The average molecular weight is 413 g/mol. The van der Waals surface area contributed by atoms with Crippen LogP contribution >= 0.6 is 0 Å². The molecule has 1 N–H and O–H groups in total. The number of aromatic nitrogens is 1. The normalized spacial score (nSPS) is 16.2. The molecule has 7 heteroatoms. The van der Waals surface area contributed by atoms with Crippen molar-refractivity contribution in [3.63, 3.8) is 0 Å². The summed E-state index contributed by atoms with van der Waals surface area (Å²) in [7, 11) is -3.45. The van der Waals surface area contributed by atoms with E-state index >= 15 is 0 Å². The third kappa shape index (κ3) is 4.27. The molecule has 0 saturated carbocycles. The van der Waals surface area contributed by atoms with Gasteiger partial charge in [-0.1, -0.05) is 36.4 Å². The van der Waals surface area contributed by atoms with Gasteiger partial charge in [0.1, 0.15) is 0 Å². The second kappa shape index (κ2) is 8.10. The molecule has 0 atom stereocenters. The standard InChI is InChI=1S/C22H25N3O3S/c1-17-8-9-20(14-18(17)2)29(26,27)25-12-10-24(11-13-25)16-22-23-15-21(28-22)19-6-4-3-5-7-19/h3-9,14-15H,10-13,16H2,1-2H3/p+1. The van der Waals surface area contributed by atoms with Crippen molar-refractivity contribution in [3.05, 3.63) is 71.7 Å². The molecule has 2 heterocycles. The summed E-state index contributed by atoms with van der Waals surface area (Å²) >= 11 is 0. The predicted octanol–water partition coefficient (Wildman–Crippen LogP) is 2.05. The van der Waals surface area contributed by atoms with Crippen LogP contribution in [0.4, 0.5) is 0 Å². The minimum atomic E-state index is -3.45. The van der Waals surface area contributed by atoms with E-state index in [0.717, 1.165) is 35.5 Å². The molecule has 3 aromatic rings. The molecule has 1 fully saturated rings. The van der Waals surface area contributed by atoms with Crippen LogP contribution in [0.5, 0.6) is 0 Å². The molecule has 1 aromatic heterocycles. The van der Waals surface area contributed by atoms with Gasteiger partial charge in [0.05, 0.1) is 37.3 Å². The van der Waals surface area contributed by atoms with E-state index < -0.39 is 10.0 Å². The number of nitrogens with zero attached hydrogens (tertiary/aromatic N) is 2. The number of sulfonamides is 1. The van der Waals surface area contributed by atoms with Crippen LogP contribution in [-0.2, 0) is 16.6 Å². The van der Waals surface area contributed by atoms with Gasteiger partial charge < -0.3 is 9.32 Å². The van der Waals surface area contributed by atoms with Crippen molar-refractivity contribution < 1.29 is 17.7 Å². The zero-order valence-corrected chi connectivity index (χ0v) is 17.6. The second-order valence-electron chi connectivity index (χ2n) is 7.56. The predicted molar refractivity (Wildman–Crippen MR) is 111 cm³/mol. The summed E-state index contributed by atoms with van der Waals surface area (Å²) in [5.41, 5.74) is 3.10. The minimum Gasteiger partial charge on any atom is -0.435 e. The lowest BCUT2D eigenvalue weighted by molar-refractivity contribution is -0.918. The van der Waals surface area contributed by atoms with Gasteiger partial charge in [-0.2, -0.15) is 4.31 Å². The molecular weight excluding hydrogens is 386 g/mol. The Bertz CT molecular complexity index is 1090. The summed E-state index contributed by atoms with van der Waals surface area (Å²) in [5.74, 6) is 1.44. The van der Waals surface area contributed by atoms with Crippen molar-refractivity contribution in [1.29, 1.82) is 0 Å². The number of oxazole rings is 1. The lowest BCUT2D eigenvalue weighted by Gasteiger charge is -2.31. The molecule has 152 valence electrons. The van der Waals surface area contributed by atoms with Crippen molar-refractivity contribution in [1.82, 2.24) is 9.29 Å². The van der Waals surface area contributed by atoms with Gasteiger partial charge >= 0.3 is 0 Å². The Balaban J connectivity index is 1.38. The van der Waals surface area contributed by atoms with E-state index in [1.54, 1.807) is 22.6 Å². The highest BCUT2D eigenvalue weighted by Crippen LogP contribution is 2.20. The molecule has 0 spiro atoms. The average Bonchev–Trinajstić information content (AvgIpc) is 3.19. The van der Waals surface area contributed by atoms with E-state index in [1.807, 2.05) is 50.2 Å². The minimum absolute atomic E-state index is 0.379. The summed E-state index contributed by atoms with van der Waals surface area (Å²) in [6, 6.07) is 15.2. The third-order valence-corrected chi connectivity index (χ3v) is 7.45. The third-order valence-electron chi connectivity index (χ3n) is 5.56. The lowest BCUT2D eigenvalue weighted by Crippen LogP contribution is -3.13. The van der Waals surface area contributed by atoms with Gasteiger partial charge in [-0.05, 0) is 37.1 Å². The van der Waals surface area contributed by atoms with Gasteiger partial charge in [0.25, 0.3) is 5.89 Å². The smallest absolute Gasteiger partial charge is 0.250 e. The zero-order valence-electron chi connectivity index (χ0n) is 16.8. The molecule has 4 rings (SSSR count). The molecule has 0 radical (unpaired) electrons. The second-order valence-corrected chi connectivity index (χ2v) is 9.50. The first-order chi connectivity index (χ1) is 13.9. The van der Waals surface area contributed by atoms with E-state index in [2.05, 4.69) is 4.98 Å². The van der Waals surface area contributed by atoms with Gasteiger partial charge in [-0.25, -0.2) is 13.4 Å². The van der Waals surface area contributed by atoms with Gasteiger partial charge in [-0.15, -0.1) is 0 Å². The van der Waals surface area contributed by atoms with Gasteiger partial charge in [-0.3, -0.25) is 0 Å². The van der Waals surface area contributed by atoms with Crippen LogP contribution in [-0.4, -0.2) is 43.9 Å². The van der Waals surface area contributed by atoms with E-state index in [1.165, 1.54) is 4.90 Å². The molecule has 1 saturated heterocycles. The monoisotopic (exact) mass is 412 g/mol. The molecule has 2 aromatic carbocycles. The van der Waals surface area contributed by atoms with Crippen molar-refractivity contribution >= 4 is 10.0 Å². The zero-order chi connectivity index (χ0) is 20.4. The Kier molecular flexibility index (Phi) is 5.54. The maximum absolute atomic E-state index is 13.0. The summed E-state index contributed by atoms with van der Waals surface area (Å²) in [4.78, 5) is 6.06. The summed E-state index contributed by atoms with van der Waals surface area (Å²) in [6.07, 6.45) is 1.75. The Morgan fingerprint density at radius 1 is 1.03 bits per heavy atom. The van der Waals surface area contributed by atoms with Gasteiger partial charge in [0.2, 0.25) is 10.0 Å². The number of rotatable bonds is 5. The Hall–Kier alpha value is -2.48. The van der Waals surface area contributed by atoms with E-state index in [9.17, 15) is 8.42 Å². The topological polar surface area (TPSA) is 67.8 Å². The molecule has 1 aliphatic rings. The highest BCUT2D eigenvalue weighted by Gasteiger charge is 2.31. The fraction of sp³-hybridized carbons (Fsp3) is 0.318. The van der Waals surface area contributed by atoms with E-state index in [4.69, 9.17) is 4.42 Å². The number of benzene rings is 2. The van der Waals surface area contributed by atoms with Gasteiger partial charge in [0, 0.05) is 5.56 Å². The molecule has 0 bridgehead atoms. The molecule has 1 aliphatic heterocycles. The van der Waals surface area contributed by atoms with Crippen LogP contribution in [0.15, 0.2) is 64.0 Å². The lowest BCUT2D eigenvalue weighted by atomic mass is 10.1. The molecule has 29 heavy (non-hydrogen) atoms. The van der Waals surface area contributed by atoms with E-state index in [0.29, 0.717) is 30.4 Å². The Morgan fingerprint density at radius 3 is 2.45 bits per heavy atom. The van der Waals surface area contributed by atoms with Crippen LogP contribution < -0.4 is 4.90 Å². The Morgan fingerprint density at radius 2 is 1.76 bits per heavy atom. The quantitative estimate of drug-likeness (QED) is 0.697. The molecule has 6 nitrogen and oxygen atoms in total. The number of hydrogen-bond acceptors (Lipinski definition) is 4. The highest BCUT2D eigenvalue weighted by molar-refractivity contribution is 7.89. The number of hydrogen-bond donors (Lipinski definition) is 1. The summed E-state index contributed by atoms with van der Waals surface area (Å²) in [6.45, 7) is 7.04. The SMILES string of the molecule is Cc1ccc(S(=O)(=O)N2CC[NH+](Cc3ncc(-c4ccccc4)o3)CC2)cc1C. The Labute approximate surface area is 171 Å². The number of nitrogens with one attached hydrogen (secondary N) is 1. The first kappa shape index (κ1) is 19.8. The number of aryl methyl sites for hydroxylation is 2. The van der Waals surface area contributed by atoms with Crippen LogP contribution in [0.3, 0.4) is 0 Å². The number of piperazine rings is 1. The molecular formula is C22H26N3O3S+. The largest absolute Gasteiger partial charge is 0.435 e. The van der Waals surface area contributed by atoms with Crippen LogP contribution in [0.25, 0.3) is 11.3 Å². The van der Waals surface area contributed by atoms with Crippen LogP contribution in [0.1, 0.15) is 17.0 Å². The first-order valence-electron chi connectivity index (χ1n) is 9.84. The summed E-state index contributed by atoms with van der Waals surface area (Å²) in [5, 5.41) is 0. The molecule has 0 aliphatic carbocycles. The first-order valence-corrected chi connectivity index (χ1v) is 11.3. The van der Waals surface area contributed by atoms with Gasteiger partial charge in [0.15, 0.2) is 12.3 Å². The van der Waals surface area contributed by atoms with Crippen molar-refractivity contribution in [2.45, 2.75) is 25.3 Å². The maximum Gasteiger partial charge on any atom is 0.250 e. The fourth-order valence-corrected chi connectivity index (χ4v) is 5.11. The van der Waals surface area contributed by atoms with Crippen molar-refractivity contribution in [3.8, 4) is 11.3 Å². The van der Waals surface area contributed by atoms with Crippen LogP contribution in [0.2, 0.25) is 0 Å².